The number of benzene rings is 1. The van der Waals surface area contributed by atoms with Crippen molar-refractivity contribution in [3.8, 4) is 5.75 Å². The van der Waals surface area contributed by atoms with E-state index in [0.717, 1.165) is 35.7 Å². The molecule has 0 aliphatic heterocycles. The zero-order chi connectivity index (χ0) is 13.9. The van der Waals surface area contributed by atoms with Crippen molar-refractivity contribution in [1.29, 1.82) is 0 Å². The number of ether oxygens (including phenoxy) is 1. The number of anilines is 1. The maximum atomic E-state index is 5.57. The normalized spacial score (nSPS) is 17.4. The maximum Gasteiger partial charge on any atom is 0.142 e. The molecule has 0 fully saturated rings. The number of nitrogens with zero attached hydrogens (tertiary/aromatic N) is 1. The first-order valence-electron chi connectivity index (χ1n) is 6.73. The number of H-pyrrole nitrogens is 1. The average Bonchev–Trinajstić information content (AvgIpc) is 2.95. The Morgan fingerprint density at radius 3 is 3.15 bits per heavy atom. The first-order valence-corrected chi connectivity index (χ1v) is 7.13. The van der Waals surface area contributed by atoms with Crippen molar-refractivity contribution in [3.05, 3.63) is 42.0 Å². The van der Waals surface area contributed by atoms with Gasteiger partial charge in [0, 0.05) is 11.6 Å². The molecule has 0 bridgehead atoms. The molecule has 0 saturated heterocycles. The molecular weight excluding hydrogens is 270 g/mol. The van der Waals surface area contributed by atoms with E-state index in [1.807, 2.05) is 24.3 Å². The van der Waals surface area contributed by atoms with Gasteiger partial charge in [-0.05, 0) is 31.4 Å². The van der Waals surface area contributed by atoms with Crippen LogP contribution in [0.15, 0.2) is 30.6 Å². The van der Waals surface area contributed by atoms with Gasteiger partial charge in [-0.2, -0.15) is 0 Å². The van der Waals surface area contributed by atoms with Gasteiger partial charge in [-0.25, -0.2) is 4.98 Å². The largest absolute Gasteiger partial charge is 0.495 e. The van der Waals surface area contributed by atoms with Crippen LogP contribution in [0.25, 0.3) is 0 Å². The lowest BCUT2D eigenvalue weighted by molar-refractivity contribution is 0.417. The van der Waals surface area contributed by atoms with Crippen LogP contribution in [-0.4, -0.2) is 22.1 Å². The summed E-state index contributed by atoms with van der Waals surface area (Å²) in [5.41, 5.74) is 3.32. The van der Waals surface area contributed by atoms with E-state index in [1.54, 1.807) is 13.4 Å². The molecule has 1 aliphatic rings. The van der Waals surface area contributed by atoms with Gasteiger partial charge < -0.3 is 15.0 Å². The first kappa shape index (κ1) is 13.1. The molecule has 104 valence electrons. The summed E-state index contributed by atoms with van der Waals surface area (Å²) in [5.74, 6) is 1.16. The lowest BCUT2D eigenvalue weighted by Gasteiger charge is -2.23. The standard InChI is InChI=1S/C15H17N3OS/c1-19-14-5-3-2-4-12(14)18-15(20)10-6-7-11-13(8-10)17-9-16-11/h2-5,9-10H,6-8H2,1H3,(H,16,17)(H,18,20). The zero-order valence-corrected chi connectivity index (χ0v) is 12.2. The first-order chi connectivity index (χ1) is 9.78. The number of imidazole rings is 1. The number of thiocarbonyl (C=S) groups is 1. The van der Waals surface area contributed by atoms with Gasteiger partial charge in [0.1, 0.15) is 5.75 Å². The van der Waals surface area contributed by atoms with Crippen molar-refractivity contribution in [1.82, 2.24) is 9.97 Å². The number of aryl methyl sites for hydroxylation is 1. The van der Waals surface area contributed by atoms with E-state index in [9.17, 15) is 0 Å². The third kappa shape index (κ3) is 2.54. The summed E-state index contributed by atoms with van der Waals surface area (Å²) in [6.07, 6.45) is 4.72. The summed E-state index contributed by atoms with van der Waals surface area (Å²) in [5, 5.41) is 3.33. The van der Waals surface area contributed by atoms with Gasteiger partial charge in [-0.15, -0.1) is 0 Å². The van der Waals surface area contributed by atoms with Crippen LogP contribution >= 0.6 is 12.2 Å². The minimum Gasteiger partial charge on any atom is -0.495 e. The van der Waals surface area contributed by atoms with Crippen molar-refractivity contribution in [2.75, 3.05) is 12.4 Å². The van der Waals surface area contributed by atoms with Crippen molar-refractivity contribution in [2.24, 2.45) is 5.92 Å². The molecule has 0 radical (unpaired) electrons. The SMILES string of the molecule is COc1ccccc1NC(=S)C1CCc2nc[nH]c2C1. The van der Waals surface area contributed by atoms with Crippen LogP contribution in [0.4, 0.5) is 5.69 Å². The lowest BCUT2D eigenvalue weighted by atomic mass is 9.89. The second kappa shape index (κ2) is 5.63. The molecule has 0 saturated carbocycles. The number of aromatic amines is 1. The Labute approximate surface area is 123 Å². The van der Waals surface area contributed by atoms with E-state index < -0.39 is 0 Å². The van der Waals surface area contributed by atoms with Crippen LogP contribution < -0.4 is 10.1 Å². The Bertz CT molecular complexity index is 623. The monoisotopic (exact) mass is 287 g/mol. The molecule has 1 heterocycles. The molecule has 1 unspecified atom stereocenters. The molecule has 0 amide bonds. The summed E-state index contributed by atoms with van der Waals surface area (Å²) in [7, 11) is 1.67. The fourth-order valence-corrected chi connectivity index (χ4v) is 2.92. The molecule has 1 aliphatic carbocycles. The quantitative estimate of drug-likeness (QED) is 0.852. The van der Waals surface area contributed by atoms with E-state index in [4.69, 9.17) is 17.0 Å². The van der Waals surface area contributed by atoms with E-state index in [0.29, 0.717) is 5.92 Å². The van der Waals surface area contributed by atoms with Crippen molar-refractivity contribution < 1.29 is 4.74 Å². The van der Waals surface area contributed by atoms with Gasteiger partial charge in [-0.1, -0.05) is 24.4 Å². The summed E-state index contributed by atoms with van der Waals surface area (Å²) in [6, 6.07) is 7.83. The second-order valence-corrected chi connectivity index (χ2v) is 5.40. The third-order valence-electron chi connectivity index (χ3n) is 3.72. The van der Waals surface area contributed by atoms with Crippen LogP contribution in [0.1, 0.15) is 17.8 Å². The predicted molar refractivity (Wildman–Crippen MR) is 83.3 cm³/mol. The topological polar surface area (TPSA) is 49.9 Å². The van der Waals surface area contributed by atoms with Gasteiger partial charge in [-0.3, -0.25) is 0 Å². The Kier molecular flexibility index (Phi) is 3.69. The maximum absolute atomic E-state index is 5.57. The van der Waals surface area contributed by atoms with Crippen molar-refractivity contribution in [3.63, 3.8) is 0 Å². The molecule has 20 heavy (non-hydrogen) atoms. The van der Waals surface area contributed by atoms with Crippen LogP contribution in [0.3, 0.4) is 0 Å². The summed E-state index contributed by atoms with van der Waals surface area (Å²) in [4.78, 5) is 8.40. The van der Waals surface area contributed by atoms with Gasteiger partial charge in [0.25, 0.3) is 0 Å². The smallest absolute Gasteiger partial charge is 0.142 e. The van der Waals surface area contributed by atoms with Crippen molar-refractivity contribution >= 4 is 22.9 Å². The average molecular weight is 287 g/mol. The molecule has 4 nitrogen and oxygen atoms in total. The molecule has 1 atom stereocenters. The molecule has 2 aromatic rings. The Hall–Kier alpha value is -1.88. The number of para-hydroxylation sites is 2. The third-order valence-corrected chi connectivity index (χ3v) is 4.16. The molecule has 0 spiro atoms. The minimum atomic E-state index is 0.350. The number of methoxy groups -OCH3 is 1. The number of nitrogens with one attached hydrogen (secondary N) is 2. The van der Waals surface area contributed by atoms with Gasteiger partial charge in [0.15, 0.2) is 0 Å². The molecule has 1 aromatic heterocycles. The fraction of sp³-hybridized carbons (Fsp3) is 0.333. The highest BCUT2D eigenvalue weighted by Crippen LogP contribution is 2.28. The zero-order valence-electron chi connectivity index (χ0n) is 11.3. The van der Waals surface area contributed by atoms with Gasteiger partial charge in [0.2, 0.25) is 0 Å². The Morgan fingerprint density at radius 2 is 2.30 bits per heavy atom. The van der Waals surface area contributed by atoms with Gasteiger partial charge in [0.05, 0.1) is 29.8 Å². The second-order valence-electron chi connectivity index (χ2n) is 4.96. The summed E-state index contributed by atoms with van der Waals surface area (Å²) in [6.45, 7) is 0. The van der Waals surface area contributed by atoms with Gasteiger partial charge >= 0.3 is 0 Å². The minimum absolute atomic E-state index is 0.350. The Morgan fingerprint density at radius 1 is 1.45 bits per heavy atom. The molecule has 1 aromatic carbocycles. The molecule has 2 N–H and O–H groups in total. The van der Waals surface area contributed by atoms with Crippen LogP contribution in [0.2, 0.25) is 0 Å². The molecule has 3 rings (SSSR count). The highest BCUT2D eigenvalue weighted by atomic mass is 32.1. The summed E-state index contributed by atoms with van der Waals surface area (Å²) >= 11 is 5.57. The van der Waals surface area contributed by atoms with E-state index in [-0.39, 0.29) is 0 Å². The van der Waals surface area contributed by atoms with Crippen LogP contribution in [-0.2, 0) is 12.8 Å². The van der Waals surface area contributed by atoms with E-state index in [1.165, 1.54) is 11.4 Å². The fourth-order valence-electron chi connectivity index (χ4n) is 2.61. The molecular formula is C15H17N3OS. The number of hydrogen-bond donors (Lipinski definition) is 2. The molecule has 5 heteroatoms. The summed E-state index contributed by atoms with van der Waals surface area (Å²) < 4.78 is 5.34. The van der Waals surface area contributed by atoms with E-state index in [2.05, 4.69) is 15.3 Å². The highest BCUT2D eigenvalue weighted by Gasteiger charge is 2.24. The number of aromatic nitrogens is 2. The van der Waals surface area contributed by atoms with Crippen LogP contribution in [0, 0.1) is 5.92 Å². The number of fused-ring (bicyclic) bond motifs is 1. The predicted octanol–water partition coefficient (Wildman–Crippen LogP) is 2.96. The van der Waals surface area contributed by atoms with E-state index >= 15 is 0 Å². The van der Waals surface area contributed by atoms with Crippen molar-refractivity contribution in [2.45, 2.75) is 19.3 Å². The Balaban J connectivity index is 1.71. The number of rotatable bonds is 3. The van der Waals surface area contributed by atoms with Crippen LogP contribution in [0.5, 0.6) is 5.75 Å². The number of hydrogen-bond acceptors (Lipinski definition) is 3. The highest BCUT2D eigenvalue weighted by molar-refractivity contribution is 7.80. The lowest BCUT2D eigenvalue weighted by Crippen LogP contribution is -2.26.